The molecule has 0 spiro atoms. The average Bonchev–Trinajstić information content (AvgIpc) is 3.03. The van der Waals surface area contributed by atoms with Gasteiger partial charge in [0.1, 0.15) is 23.4 Å². The first-order valence-corrected chi connectivity index (χ1v) is 13.3. The van der Waals surface area contributed by atoms with Crippen molar-refractivity contribution in [3.05, 3.63) is 83.3 Å². The van der Waals surface area contributed by atoms with Crippen molar-refractivity contribution < 1.29 is 24.1 Å². The van der Waals surface area contributed by atoms with Crippen LogP contribution in [0.3, 0.4) is 0 Å². The van der Waals surface area contributed by atoms with Gasteiger partial charge < -0.3 is 29.1 Å². The summed E-state index contributed by atoms with van der Waals surface area (Å²) in [5.74, 6) is 1.73. The van der Waals surface area contributed by atoms with E-state index >= 15 is 0 Å². The molecule has 5 rings (SSSR count). The lowest BCUT2D eigenvalue weighted by atomic mass is 10.00. The number of methoxy groups -OCH3 is 1. The second kappa shape index (κ2) is 12.0. The summed E-state index contributed by atoms with van der Waals surface area (Å²) in [6, 6.07) is 13.8. The summed E-state index contributed by atoms with van der Waals surface area (Å²) in [5, 5.41) is 10.9. The Morgan fingerprint density at radius 3 is 2.79 bits per heavy atom. The minimum Gasteiger partial charge on any atom is -0.488 e. The molecule has 0 saturated carbocycles. The number of benzene rings is 2. The summed E-state index contributed by atoms with van der Waals surface area (Å²) in [4.78, 5) is 19.6. The van der Waals surface area contributed by atoms with E-state index in [0.717, 1.165) is 38.4 Å². The quantitative estimate of drug-likeness (QED) is 0.546. The Hall–Kier alpha value is -3.33. The number of hydrogen-bond donors (Lipinski definition) is 1. The summed E-state index contributed by atoms with van der Waals surface area (Å²) in [5.41, 5.74) is 3.18. The van der Waals surface area contributed by atoms with Gasteiger partial charge in [0, 0.05) is 58.6 Å². The first-order valence-electron chi connectivity index (χ1n) is 13.3. The highest BCUT2D eigenvalue weighted by Gasteiger charge is 2.30. The van der Waals surface area contributed by atoms with Gasteiger partial charge in [-0.3, -0.25) is 9.69 Å². The number of carbonyl (C=O) groups excluding carboxylic acids is 1. The molecule has 3 aliphatic rings. The maximum Gasteiger partial charge on any atom is 0.257 e. The van der Waals surface area contributed by atoms with E-state index in [4.69, 9.17) is 14.2 Å². The number of fused-ring (bicyclic) bond motifs is 2. The zero-order valence-corrected chi connectivity index (χ0v) is 22.2. The number of amides is 1. The minimum atomic E-state index is -0.644. The van der Waals surface area contributed by atoms with Crippen molar-refractivity contribution in [2.75, 3.05) is 53.0 Å². The minimum absolute atomic E-state index is 0.135. The van der Waals surface area contributed by atoms with Crippen LogP contribution in [-0.2, 0) is 17.7 Å². The molecule has 0 aromatic heterocycles. The first-order chi connectivity index (χ1) is 18.5. The molecule has 3 aliphatic heterocycles. The lowest BCUT2D eigenvalue weighted by molar-refractivity contribution is 0.0454. The molecular formula is C30H37N3O5. The second-order valence-corrected chi connectivity index (χ2v) is 10.2. The van der Waals surface area contributed by atoms with Crippen molar-refractivity contribution in [2.45, 2.75) is 32.1 Å². The van der Waals surface area contributed by atoms with Crippen LogP contribution in [0.5, 0.6) is 11.5 Å². The van der Waals surface area contributed by atoms with E-state index in [-0.39, 0.29) is 18.6 Å². The smallest absolute Gasteiger partial charge is 0.257 e. The number of β-amino-alcohol motifs (C(OH)–C–C–N with tert-alkyl or cyclic N) is 1. The first kappa shape index (κ1) is 26.3. The molecule has 2 atom stereocenters. The van der Waals surface area contributed by atoms with E-state index in [1.54, 1.807) is 30.2 Å². The van der Waals surface area contributed by atoms with Gasteiger partial charge in [-0.05, 0) is 48.8 Å². The summed E-state index contributed by atoms with van der Waals surface area (Å²) in [6.45, 7) is 7.11. The van der Waals surface area contributed by atoms with Crippen LogP contribution in [0.2, 0.25) is 0 Å². The Balaban J connectivity index is 1.20. The van der Waals surface area contributed by atoms with Gasteiger partial charge in [-0.1, -0.05) is 24.3 Å². The second-order valence-electron chi connectivity index (χ2n) is 10.2. The van der Waals surface area contributed by atoms with Gasteiger partial charge in [-0.15, -0.1) is 0 Å². The number of rotatable bonds is 9. The highest BCUT2D eigenvalue weighted by atomic mass is 16.5. The van der Waals surface area contributed by atoms with Crippen LogP contribution in [0, 0.1) is 0 Å². The van der Waals surface area contributed by atoms with Crippen molar-refractivity contribution in [2.24, 2.45) is 0 Å². The monoisotopic (exact) mass is 519 g/mol. The van der Waals surface area contributed by atoms with Crippen LogP contribution in [0.4, 0.5) is 0 Å². The van der Waals surface area contributed by atoms with Crippen LogP contribution in [0.25, 0.3) is 0 Å². The molecule has 3 heterocycles. The Labute approximate surface area is 224 Å². The topological polar surface area (TPSA) is 74.7 Å². The normalized spacial score (nSPS) is 20.2. The van der Waals surface area contributed by atoms with Crippen LogP contribution < -0.4 is 9.47 Å². The van der Waals surface area contributed by atoms with Gasteiger partial charge in [0.25, 0.3) is 5.91 Å². The molecule has 0 fully saturated rings. The highest BCUT2D eigenvalue weighted by Crippen LogP contribution is 2.31. The largest absolute Gasteiger partial charge is 0.488 e. The van der Waals surface area contributed by atoms with Crippen LogP contribution in [-0.4, -0.2) is 90.9 Å². The van der Waals surface area contributed by atoms with Gasteiger partial charge >= 0.3 is 0 Å². The predicted octanol–water partition coefficient (Wildman–Crippen LogP) is 3.07. The number of aliphatic hydroxyl groups is 1. The Morgan fingerprint density at radius 2 is 2.00 bits per heavy atom. The van der Waals surface area contributed by atoms with Crippen LogP contribution in [0.1, 0.15) is 28.4 Å². The molecule has 38 heavy (non-hydrogen) atoms. The van der Waals surface area contributed by atoms with E-state index < -0.39 is 6.10 Å². The SMILES string of the molecule is COCCN1C=CC(Oc2ccc3c(c2)OC(C)CN(C[C@H](O)CN2CCc4ccccc4C2)C3=O)=CC1. The fourth-order valence-corrected chi connectivity index (χ4v) is 5.24. The summed E-state index contributed by atoms with van der Waals surface area (Å²) >= 11 is 0. The number of allylic oxidation sites excluding steroid dienone is 1. The van der Waals surface area contributed by atoms with Crippen molar-refractivity contribution >= 4 is 5.91 Å². The third kappa shape index (κ3) is 6.38. The number of aliphatic hydroxyl groups excluding tert-OH is 1. The molecule has 0 bridgehead atoms. The Morgan fingerprint density at radius 1 is 1.16 bits per heavy atom. The van der Waals surface area contributed by atoms with Crippen LogP contribution in [0.15, 0.2) is 66.6 Å². The zero-order chi connectivity index (χ0) is 26.5. The standard InChI is InChI=1S/C30H37N3O5/c1-22-18-33(21-25(34)20-32-12-9-23-5-3-4-6-24(23)19-32)30(35)28-8-7-27(17-29(28)37-22)38-26-10-13-31(14-11-26)15-16-36-2/h3-8,10-11,13,17,22,25,34H,9,12,14-16,18-21H2,1-2H3/t22?,25-/m1/s1. The number of nitrogens with zero attached hydrogens (tertiary/aromatic N) is 3. The molecule has 0 saturated heterocycles. The molecule has 1 amide bonds. The maximum atomic E-state index is 13.4. The van der Waals surface area contributed by atoms with Gasteiger partial charge in [-0.25, -0.2) is 0 Å². The van der Waals surface area contributed by atoms with Crippen molar-refractivity contribution in [3.63, 3.8) is 0 Å². The molecule has 1 unspecified atom stereocenters. The number of hydrogen-bond acceptors (Lipinski definition) is 7. The van der Waals surface area contributed by atoms with Crippen molar-refractivity contribution in [1.82, 2.24) is 14.7 Å². The van der Waals surface area contributed by atoms with Gasteiger partial charge in [0.15, 0.2) is 0 Å². The Kier molecular flexibility index (Phi) is 8.32. The van der Waals surface area contributed by atoms with Crippen molar-refractivity contribution in [3.8, 4) is 11.5 Å². The zero-order valence-electron chi connectivity index (χ0n) is 22.2. The lowest BCUT2D eigenvalue weighted by Crippen LogP contribution is -2.45. The average molecular weight is 520 g/mol. The fraction of sp³-hybridized carbons (Fsp3) is 0.433. The molecular weight excluding hydrogens is 482 g/mol. The van der Waals surface area contributed by atoms with Gasteiger partial charge in [0.2, 0.25) is 0 Å². The fourth-order valence-electron chi connectivity index (χ4n) is 5.24. The van der Waals surface area contributed by atoms with E-state index in [9.17, 15) is 9.90 Å². The molecule has 0 radical (unpaired) electrons. The molecule has 2 aromatic carbocycles. The third-order valence-corrected chi connectivity index (χ3v) is 7.18. The molecule has 8 nitrogen and oxygen atoms in total. The Bertz CT molecular complexity index is 1200. The predicted molar refractivity (Wildman–Crippen MR) is 145 cm³/mol. The molecule has 8 heteroatoms. The third-order valence-electron chi connectivity index (χ3n) is 7.18. The summed E-state index contributed by atoms with van der Waals surface area (Å²) in [7, 11) is 1.69. The van der Waals surface area contributed by atoms with Crippen LogP contribution >= 0.6 is 0 Å². The molecule has 202 valence electrons. The molecule has 0 aliphatic carbocycles. The lowest BCUT2D eigenvalue weighted by Gasteiger charge is -2.32. The molecule has 1 N–H and O–H groups in total. The molecule has 2 aromatic rings. The van der Waals surface area contributed by atoms with Crippen molar-refractivity contribution in [1.29, 1.82) is 0 Å². The number of ether oxygens (including phenoxy) is 3. The maximum absolute atomic E-state index is 13.4. The van der Waals surface area contributed by atoms with E-state index in [1.165, 1.54) is 11.1 Å². The van der Waals surface area contributed by atoms with E-state index in [0.29, 0.717) is 36.8 Å². The van der Waals surface area contributed by atoms with E-state index in [1.807, 2.05) is 25.3 Å². The summed E-state index contributed by atoms with van der Waals surface area (Å²) in [6.07, 6.45) is 6.05. The number of carbonyl (C=O) groups is 1. The van der Waals surface area contributed by atoms with Gasteiger partial charge in [0.05, 0.1) is 24.8 Å². The van der Waals surface area contributed by atoms with E-state index in [2.05, 4.69) is 34.1 Å². The van der Waals surface area contributed by atoms with Gasteiger partial charge in [-0.2, -0.15) is 0 Å². The highest BCUT2D eigenvalue weighted by molar-refractivity contribution is 5.97. The summed E-state index contributed by atoms with van der Waals surface area (Å²) < 4.78 is 17.3.